The maximum Gasteiger partial charge on any atom is 0.506 e. The molecule has 0 unspecified atom stereocenters. The molecule has 24 nitrogen and oxygen atoms in total. The van der Waals surface area contributed by atoms with E-state index in [-0.39, 0.29) is 34.0 Å². The zero-order chi connectivity index (χ0) is 56.3. The highest BCUT2D eigenvalue weighted by Crippen LogP contribution is 2.76. The SMILES string of the molecule is CC1(C)C[C@H](O)[C@]2(CO)[C@H](OC(=O)O)C[C@]3(C)C(=CC[C@@H]4[C@@]5(C)CC[C@H](O[C@@H]6OC[C@H](O[C@@H]7O[C@H](CO)[C@@H](O)[C@H](O)[C@H]7O[C@@H]7OC[C@@H](O)[C@H](O)[C@H]7O)[C@H](O)[C@H]6O[C@@H]6O[C@H](CO)[C@@H](O)[C@H](O)[C@H]6O)C(C)(C)[C@@H]5CC[C@]43C)[C@@H]2C1. The number of hydrogen-bond donors (Lipinski definition) is 14. The molecule has 0 radical (unpaired) electrons. The van der Waals surface area contributed by atoms with Crippen LogP contribution in [-0.2, 0) is 42.6 Å². The monoisotopic (exact) mass is 1110 g/mol. The molecule has 28 atom stereocenters. The number of hydrogen-bond acceptors (Lipinski definition) is 23. The van der Waals surface area contributed by atoms with Gasteiger partial charge in [0.25, 0.3) is 0 Å². The summed E-state index contributed by atoms with van der Waals surface area (Å²) in [5.41, 5.74) is -2.20. The number of carbonyl (C=O) groups is 1. The number of allylic oxidation sites excluding steroid dienone is 2. The van der Waals surface area contributed by atoms with E-state index in [9.17, 15) is 76.3 Å². The molecule has 0 bridgehead atoms. The maximum absolute atomic E-state index is 12.4. The fourth-order valence-corrected chi connectivity index (χ4v) is 16.6. The van der Waals surface area contributed by atoms with Crippen LogP contribution in [0.2, 0.25) is 0 Å². The van der Waals surface area contributed by atoms with Crippen molar-refractivity contribution in [2.45, 2.75) is 229 Å². The Kier molecular flexibility index (Phi) is 16.9. The standard InChI is InChI=1S/C53H86O24/c1-48(2)14-23-22-8-9-29-50(5)12-11-31(49(3,4)28(50)10-13-51(29,6)52(22,7)16-32(75-47(67)68)53(23,21-56)30(58)15-48)74-45-41(77-44-40(66)37(63)34(60)25(17-54)71-44)36(62)27(20-70-45)73-46-42(38(64)35(61)26(18-55)72-46)76-43-39(65)33(59)24(57)19-69-43/h8,23-46,54-66H,9-21H2,1-7H3,(H,67,68)/t23-,24+,25+,26+,27-,28-,29+,30-,31-,32+,33-,34+,35+,36-,37-,38-,39+,40+,41+,42+,43-,44-,45-,46-,50-,51+,52+,53+/m0/s1. The van der Waals surface area contributed by atoms with Gasteiger partial charge in [-0.3, -0.25) is 0 Å². The van der Waals surface area contributed by atoms with Crippen molar-refractivity contribution in [3.05, 3.63) is 11.6 Å². The normalized spacial score (nSPS) is 53.4. The van der Waals surface area contributed by atoms with Crippen molar-refractivity contribution in [3.8, 4) is 0 Å². The molecule has 77 heavy (non-hydrogen) atoms. The van der Waals surface area contributed by atoms with Crippen molar-refractivity contribution in [2.75, 3.05) is 33.0 Å². The van der Waals surface area contributed by atoms with E-state index in [0.717, 1.165) is 18.4 Å². The minimum atomic E-state index is -1.92. The van der Waals surface area contributed by atoms with Crippen LogP contribution in [0.4, 0.5) is 4.79 Å². The minimum absolute atomic E-state index is 0.0269. The molecule has 14 N–H and O–H groups in total. The van der Waals surface area contributed by atoms with Crippen LogP contribution in [-0.4, -0.2) is 240 Å². The van der Waals surface area contributed by atoms with Crippen LogP contribution in [0, 0.1) is 50.2 Å². The van der Waals surface area contributed by atoms with Crippen molar-refractivity contribution in [3.63, 3.8) is 0 Å². The number of fused-ring (bicyclic) bond motifs is 7. The predicted octanol–water partition coefficient (Wildman–Crippen LogP) is -1.64. The Balaban J connectivity index is 0.984. The summed E-state index contributed by atoms with van der Waals surface area (Å²) in [6, 6.07) is 0. The van der Waals surface area contributed by atoms with Gasteiger partial charge in [0.05, 0.1) is 50.7 Å². The van der Waals surface area contributed by atoms with E-state index in [1.807, 2.05) is 0 Å². The average Bonchev–Trinajstić information content (AvgIpc) is 3.36. The van der Waals surface area contributed by atoms with Crippen LogP contribution < -0.4 is 0 Å². The maximum atomic E-state index is 12.4. The molecule has 8 fully saturated rings. The molecule has 4 aliphatic heterocycles. The largest absolute Gasteiger partial charge is 0.506 e. The zero-order valence-electron chi connectivity index (χ0n) is 45.0. The number of aliphatic hydroxyl groups is 13. The van der Waals surface area contributed by atoms with Crippen LogP contribution in [0.25, 0.3) is 0 Å². The summed E-state index contributed by atoms with van der Waals surface area (Å²) >= 11 is 0. The lowest BCUT2D eigenvalue weighted by molar-refractivity contribution is -0.392. The topological polar surface area (TPSA) is 383 Å². The number of ether oxygens (including phenoxy) is 9. The van der Waals surface area contributed by atoms with E-state index in [2.05, 4.69) is 54.5 Å². The smallest absolute Gasteiger partial charge is 0.450 e. The molecule has 9 rings (SSSR count). The highest BCUT2D eigenvalue weighted by Gasteiger charge is 2.72. The molecule has 442 valence electrons. The summed E-state index contributed by atoms with van der Waals surface area (Å²) in [6.07, 6.45) is -27.4. The van der Waals surface area contributed by atoms with Crippen molar-refractivity contribution in [1.29, 1.82) is 0 Å². The van der Waals surface area contributed by atoms with Crippen molar-refractivity contribution >= 4 is 6.16 Å². The van der Waals surface area contributed by atoms with Gasteiger partial charge in [-0.15, -0.1) is 0 Å². The number of rotatable bonds is 12. The van der Waals surface area contributed by atoms with Crippen LogP contribution in [0.3, 0.4) is 0 Å². The highest BCUT2D eigenvalue weighted by atomic mass is 16.8. The summed E-state index contributed by atoms with van der Waals surface area (Å²) in [5.74, 6) is -0.210. The Hall–Kier alpha value is -1.83. The highest BCUT2D eigenvalue weighted by molar-refractivity contribution is 5.57. The molecule has 5 aliphatic carbocycles. The molecule has 4 saturated heterocycles. The molecular weight excluding hydrogens is 1020 g/mol. The zero-order valence-corrected chi connectivity index (χ0v) is 45.0. The fraction of sp³-hybridized carbons (Fsp3) is 0.943. The first-order valence-corrected chi connectivity index (χ1v) is 27.4. The second kappa shape index (κ2) is 21.7. The molecule has 0 spiro atoms. The van der Waals surface area contributed by atoms with Gasteiger partial charge in [0.15, 0.2) is 25.2 Å². The first-order valence-electron chi connectivity index (χ1n) is 27.4. The Labute approximate surface area is 447 Å². The van der Waals surface area contributed by atoms with Gasteiger partial charge in [0, 0.05) is 0 Å². The van der Waals surface area contributed by atoms with E-state index < -0.39 is 184 Å². The second-order valence-corrected chi connectivity index (χ2v) is 26.0. The van der Waals surface area contributed by atoms with Crippen LogP contribution in [0.15, 0.2) is 11.6 Å². The van der Waals surface area contributed by atoms with Crippen LogP contribution in [0.1, 0.15) is 99.8 Å². The van der Waals surface area contributed by atoms with Crippen LogP contribution >= 0.6 is 0 Å². The van der Waals surface area contributed by atoms with Gasteiger partial charge >= 0.3 is 6.16 Å². The predicted molar refractivity (Wildman–Crippen MR) is 260 cm³/mol. The Morgan fingerprint density at radius 2 is 1.22 bits per heavy atom. The Bertz CT molecular complexity index is 2110. The first-order chi connectivity index (χ1) is 36.0. The van der Waals surface area contributed by atoms with E-state index in [1.54, 1.807) is 0 Å². The minimum Gasteiger partial charge on any atom is -0.450 e. The third-order valence-corrected chi connectivity index (χ3v) is 21.0. The van der Waals surface area contributed by atoms with Gasteiger partial charge < -0.3 is 114 Å². The molecule has 0 aromatic rings. The van der Waals surface area contributed by atoms with Gasteiger partial charge in [-0.1, -0.05) is 60.1 Å². The number of aliphatic hydroxyl groups excluding tert-OH is 13. The van der Waals surface area contributed by atoms with Crippen molar-refractivity contribution in [1.82, 2.24) is 0 Å². The van der Waals surface area contributed by atoms with Gasteiger partial charge in [0.2, 0.25) is 0 Å². The average molecular weight is 1110 g/mol. The Morgan fingerprint density at radius 3 is 1.87 bits per heavy atom. The number of carboxylic acid groups (broad SMARTS) is 1. The molecule has 24 heteroatoms. The second-order valence-electron chi connectivity index (χ2n) is 26.0. The van der Waals surface area contributed by atoms with E-state index in [0.29, 0.717) is 38.5 Å². The fourth-order valence-electron chi connectivity index (χ4n) is 16.6. The summed E-state index contributed by atoms with van der Waals surface area (Å²) in [7, 11) is 0. The van der Waals surface area contributed by atoms with Gasteiger partial charge in [-0.25, -0.2) is 4.79 Å². The molecular formula is C53H86O24. The Morgan fingerprint density at radius 1 is 0.610 bits per heavy atom. The van der Waals surface area contributed by atoms with E-state index in [1.165, 1.54) is 0 Å². The first kappa shape index (κ1) is 59.8. The summed E-state index contributed by atoms with van der Waals surface area (Å²) in [4.78, 5) is 12.4. The van der Waals surface area contributed by atoms with Crippen LogP contribution in [0.5, 0.6) is 0 Å². The van der Waals surface area contributed by atoms with E-state index >= 15 is 0 Å². The molecule has 0 amide bonds. The summed E-state index contributed by atoms with van der Waals surface area (Å²) in [5, 5.41) is 152. The molecule has 0 aromatic carbocycles. The summed E-state index contributed by atoms with van der Waals surface area (Å²) in [6.45, 7) is 12.3. The lowest BCUT2D eigenvalue weighted by Crippen LogP contribution is -2.69. The molecule has 0 aromatic heterocycles. The third kappa shape index (κ3) is 9.84. The van der Waals surface area contributed by atoms with Gasteiger partial charge in [-0.2, -0.15) is 0 Å². The lowest BCUT2D eigenvalue weighted by atomic mass is 9.33. The molecule has 9 aliphatic rings. The van der Waals surface area contributed by atoms with E-state index in [4.69, 9.17) is 42.6 Å². The van der Waals surface area contributed by atoms with Crippen molar-refractivity contribution < 1.29 is 119 Å². The molecule has 4 saturated carbocycles. The summed E-state index contributed by atoms with van der Waals surface area (Å²) < 4.78 is 54.3. The van der Waals surface area contributed by atoms with Gasteiger partial charge in [0.1, 0.15) is 91.6 Å². The molecule has 4 heterocycles. The third-order valence-electron chi connectivity index (χ3n) is 21.0. The quantitative estimate of drug-likeness (QED) is 0.0592. The van der Waals surface area contributed by atoms with Crippen molar-refractivity contribution in [2.24, 2.45) is 50.2 Å². The lowest BCUT2D eigenvalue weighted by Gasteiger charge is -2.72. The van der Waals surface area contributed by atoms with Gasteiger partial charge in [-0.05, 0) is 96.2 Å².